The van der Waals surface area contributed by atoms with Crippen LogP contribution in [0.15, 0.2) is 40.9 Å². The second-order valence-electron chi connectivity index (χ2n) is 5.86. The summed E-state index contributed by atoms with van der Waals surface area (Å²) < 4.78 is 26.1. The predicted octanol–water partition coefficient (Wildman–Crippen LogP) is 3.43. The highest BCUT2D eigenvalue weighted by Gasteiger charge is 2.20. The van der Waals surface area contributed by atoms with Crippen molar-refractivity contribution in [2.75, 3.05) is 21.3 Å². The minimum absolute atomic E-state index is 0.171. The van der Waals surface area contributed by atoms with Gasteiger partial charge in [0, 0.05) is 17.7 Å². The molecule has 3 aromatic rings. The molecule has 0 bridgehead atoms. The smallest absolute Gasteiger partial charge is 0.342 e. The fourth-order valence-corrected chi connectivity index (χ4v) is 2.53. The molecule has 2 aromatic carbocycles. The molecule has 0 spiro atoms. The van der Waals surface area contributed by atoms with E-state index >= 15 is 0 Å². The first-order valence-corrected chi connectivity index (χ1v) is 8.42. The van der Waals surface area contributed by atoms with E-state index in [1.54, 1.807) is 6.07 Å². The molecule has 0 atom stereocenters. The fraction of sp³-hybridized carbons (Fsp3) is 0.250. The maximum Gasteiger partial charge on any atom is 0.342 e. The molecule has 8 nitrogen and oxygen atoms in total. The minimum atomic E-state index is -0.618. The van der Waals surface area contributed by atoms with Gasteiger partial charge in [-0.2, -0.15) is 4.98 Å². The van der Waals surface area contributed by atoms with Crippen molar-refractivity contribution >= 4 is 5.97 Å². The topological polar surface area (TPSA) is 92.9 Å². The number of aromatic nitrogens is 2. The van der Waals surface area contributed by atoms with Crippen LogP contribution in [0.3, 0.4) is 0 Å². The van der Waals surface area contributed by atoms with Gasteiger partial charge >= 0.3 is 5.97 Å². The molecule has 8 heteroatoms. The van der Waals surface area contributed by atoms with Gasteiger partial charge in [-0.05, 0) is 6.92 Å². The molecule has 0 fully saturated rings. The first-order chi connectivity index (χ1) is 13.5. The largest absolute Gasteiger partial charge is 0.496 e. The van der Waals surface area contributed by atoms with E-state index in [2.05, 4.69) is 10.1 Å². The maximum absolute atomic E-state index is 12.5. The summed E-state index contributed by atoms with van der Waals surface area (Å²) in [4.78, 5) is 16.7. The number of benzene rings is 2. The summed E-state index contributed by atoms with van der Waals surface area (Å²) in [5.41, 5.74) is 2.14. The molecule has 146 valence electrons. The number of hydrogen-bond donors (Lipinski definition) is 0. The zero-order valence-electron chi connectivity index (χ0n) is 16.0. The molecule has 0 saturated carbocycles. The highest BCUT2D eigenvalue weighted by molar-refractivity contribution is 5.93. The maximum atomic E-state index is 12.5. The summed E-state index contributed by atoms with van der Waals surface area (Å²) in [6, 6.07) is 10.7. The Morgan fingerprint density at radius 2 is 1.61 bits per heavy atom. The minimum Gasteiger partial charge on any atom is -0.496 e. The van der Waals surface area contributed by atoms with Crippen LogP contribution in [-0.4, -0.2) is 37.4 Å². The van der Waals surface area contributed by atoms with Gasteiger partial charge in [-0.1, -0.05) is 35.0 Å². The van der Waals surface area contributed by atoms with Gasteiger partial charge in [0.1, 0.15) is 11.3 Å². The Morgan fingerprint density at radius 1 is 0.964 bits per heavy atom. The lowest BCUT2D eigenvalue weighted by atomic mass is 10.1. The predicted molar refractivity (Wildman–Crippen MR) is 99.7 cm³/mol. The van der Waals surface area contributed by atoms with Crippen LogP contribution in [0.1, 0.15) is 21.8 Å². The van der Waals surface area contributed by atoms with Crippen molar-refractivity contribution in [2.24, 2.45) is 0 Å². The number of carbonyl (C=O) groups is 1. The van der Waals surface area contributed by atoms with Crippen molar-refractivity contribution in [3.63, 3.8) is 0 Å². The van der Waals surface area contributed by atoms with Crippen LogP contribution in [-0.2, 0) is 11.3 Å². The van der Waals surface area contributed by atoms with Gasteiger partial charge in [-0.15, -0.1) is 0 Å². The van der Waals surface area contributed by atoms with Crippen LogP contribution in [0.4, 0.5) is 0 Å². The fourth-order valence-electron chi connectivity index (χ4n) is 2.53. The normalized spacial score (nSPS) is 10.4. The van der Waals surface area contributed by atoms with Gasteiger partial charge in [0.2, 0.25) is 5.82 Å². The third-order valence-electron chi connectivity index (χ3n) is 4.03. The van der Waals surface area contributed by atoms with Crippen LogP contribution in [0.25, 0.3) is 11.4 Å². The van der Waals surface area contributed by atoms with Crippen molar-refractivity contribution in [1.82, 2.24) is 10.1 Å². The Balaban J connectivity index is 1.73. The molecule has 0 saturated heterocycles. The molecule has 0 aliphatic rings. The average Bonchev–Trinajstić information content (AvgIpc) is 3.20. The monoisotopic (exact) mass is 384 g/mol. The Morgan fingerprint density at radius 3 is 2.25 bits per heavy atom. The molecule has 0 radical (unpaired) electrons. The summed E-state index contributed by atoms with van der Waals surface area (Å²) >= 11 is 0. The molecule has 0 aliphatic carbocycles. The zero-order valence-corrected chi connectivity index (χ0v) is 16.0. The molecular weight excluding hydrogens is 364 g/mol. The third kappa shape index (κ3) is 4.06. The summed E-state index contributed by atoms with van der Waals surface area (Å²) in [5.74, 6) is 1.12. The van der Waals surface area contributed by atoms with E-state index in [0.29, 0.717) is 23.1 Å². The zero-order chi connectivity index (χ0) is 20.1. The van der Waals surface area contributed by atoms with Crippen LogP contribution in [0.5, 0.6) is 17.2 Å². The first kappa shape index (κ1) is 19.2. The van der Waals surface area contributed by atoms with E-state index in [1.165, 1.54) is 27.4 Å². The Hall–Kier alpha value is -3.55. The molecule has 1 heterocycles. The van der Waals surface area contributed by atoms with E-state index in [9.17, 15) is 4.79 Å². The van der Waals surface area contributed by atoms with E-state index < -0.39 is 5.97 Å². The number of ether oxygens (including phenoxy) is 4. The average molecular weight is 384 g/mol. The van der Waals surface area contributed by atoms with Gasteiger partial charge in [0.25, 0.3) is 5.89 Å². The SMILES string of the molecule is COc1cc(OC)c(C(=O)OCc2nc(-c3ccc(C)cc3)no2)cc1OC. The molecule has 0 N–H and O–H groups in total. The lowest BCUT2D eigenvalue weighted by Gasteiger charge is -2.13. The molecule has 1 aromatic heterocycles. The molecule has 0 aliphatic heterocycles. The van der Waals surface area contributed by atoms with Gasteiger partial charge in [-0.25, -0.2) is 4.79 Å². The van der Waals surface area contributed by atoms with Crippen molar-refractivity contribution in [3.8, 4) is 28.6 Å². The summed E-state index contributed by atoms with van der Waals surface area (Å²) in [6.07, 6.45) is 0. The van der Waals surface area contributed by atoms with Crippen molar-refractivity contribution in [1.29, 1.82) is 0 Å². The molecule has 28 heavy (non-hydrogen) atoms. The Bertz CT molecular complexity index is 965. The second kappa shape index (κ2) is 8.43. The first-order valence-electron chi connectivity index (χ1n) is 8.42. The van der Waals surface area contributed by atoms with Crippen LogP contribution in [0.2, 0.25) is 0 Å². The van der Waals surface area contributed by atoms with Gasteiger partial charge in [0.15, 0.2) is 18.1 Å². The molecule has 3 rings (SSSR count). The molecule has 0 amide bonds. The van der Waals surface area contributed by atoms with Crippen LogP contribution >= 0.6 is 0 Å². The number of rotatable bonds is 7. The van der Waals surface area contributed by atoms with E-state index in [4.69, 9.17) is 23.5 Å². The van der Waals surface area contributed by atoms with Gasteiger partial charge in [-0.3, -0.25) is 0 Å². The lowest BCUT2D eigenvalue weighted by Crippen LogP contribution is -2.08. The van der Waals surface area contributed by atoms with E-state index in [1.807, 2.05) is 31.2 Å². The van der Waals surface area contributed by atoms with E-state index in [-0.39, 0.29) is 18.1 Å². The van der Waals surface area contributed by atoms with Crippen molar-refractivity contribution < 1.29 is 28.3 Å². The number of aryl methyl sites for hydroxylation is 1. The third-order valence-corrected chi connectivity index (χ3v) is 4.03. The highest BCUT2D eigenvalue weighted by atomic mass is 16.6. The Kier molecular flexibility index (Phi) is 5.78. The standard InChI is InChI=1S/C20H20N2O6/c1-12-5-7-13(8-6-12)19-21-18(28-22-19)11-27-20(23)14-9-16(25-3)17(26-4)10-15(14)24-2/h5-10H,11H2,1-4H3. The van der Waals surface area contributed by atoms with Crippen LogP contribution in [0, 0.1) is 6.92 Å². The number of esters is 1. The molecular formula is C20H20N2O6. The number of carbonyl (C=O) groups excluding carboxylic acids is 1. The number of methoxy groups -OCH3 is 3. The molecule has 0 unspecified atom stereocenters. The lowest BCUT2D eigenvalue weighted by molar-refractivity contribution is 0.0425. The summed E-state index contributed by atoms with van der Waals surface area (Å²) in [6.45, 7) is 1.82. The number of hydrogen-bond acceptors (Lipinski definition) is 8. The van der Waals surface area contributed by atoms with Crippen LogP contribution < -0.4 is 14.2 Å². The number of nitrogens with zero attached hydrogens (tertiary/aromatic N) is 2. The van der Waals surface area contributed by atoms with E-state index in [0.717, 1.165) is 11.1 Å². The second-order valence-corrected chi connectivity index (χ2v) is 5.86. The van der Waals surface area contributed by atoms with Crippen molar-refractivity contribution in [2.45, 2.75) is 13.5 Å². The highest BCUT2D eigenvalue weighted by Crippen LogP contribution is 2.35. The van der Waals surface area contributed by atoms with Gasteiger partial charge < -0.3 is 23.5 Å². The van der Waals surface area contributed by atoms with Gasteiger partial charge in [0.05, 0.1) is 21.3 Å². The quantitative estimate of drug-likeness (QED) is 0.572. The summed E-state index contributed by atoms with van der Waals surface area (Å²) in [7, 11) is 4.42. The summed E-state index contributed by atoms with van der Waals surface area (Å²) in [5, 5.41) is 3.91. The van der Waals surface area contributed by atoms with Crippen molar-refractivity contribution in [3.05, 3.63) is 53.4 Å². The Labute approximate surface area is 162 Å².